The number of nitrogens with zero attached hydrogens (tertiary/aromatic N) is 5. The Balaban J connectivity index is 1.48. The number of hydrogen-bond donors (Lipinski definition) is 1. The zero-order valence-corrected chi connectivity index (χ0v) is 15.6. The Morgan fingerprint density at radius 2 is 2.04 bits per heavy atom. The standard InChI is InChI=1S/C19H15ClN6O2/c1-12-22-16(18-24-19(28-25-18)13-3-2-8-21-9-13)10-26(12)11-17(27)23-15-6-4-14(20)5-7-15/h2-10H,11H2,1H3,(H,23,27). The van der Waals surface area contributed by atoms with Crippen molar-refractivity contribution in [3.8, 4) is 23.0 Å². The fraction of sp³-hybridized carbons (Fsp3) is 0.105. The summed E-state index contributed by atoms with van der Waals surface area (Å²) in [5, 5.41) is 7.40. The van der Waals surface area contributed by atoms with E-state index in [-0.39, 0.29) is 12.5 Å². The topological polar surface area (TPSA) is 98.7 Å². The number of carbonyl (C=O) groups is 1. The number of halogens is 1. The number of nitrogens with one attached hydrogen (secondary N) is 1. The average Bonchev–Trinajstić information content (AvgIpc) is 3.32. The minimum atomic E-state index is -0.182. The molecule has 1 amide bonds. The summed E-state index contributed by atoms with van der Waals surface area (Å²) in [7, 11) is 0. The molecule has 0 saturated carbocycles. The summed E-state index contributed by atoms with van der Waals surface area (Å²) in [6, 6.07) is 10.5. The molecule has 28 heavy (non-hydrogen) atoms. The van der Waals surface area contributed by atoms with E-state index in [1.54, 1.807) is 60.4 Å². The molecule has 1 N–H and O–H groups in total. The molecule has 0 spiro atoms. The van der Waals surface area contributed by atoms with E-state index in [9.17, 15) is 4.79 Å². The van der Waals surface area contributed by atoms with Crippen LogP contribution in [0.3, 0.4) is 0 Å². The molecule has 0 atom stereocenters. The van der Waals surface area contributed by atoms with Gasteiger partial charge in [-0.1, -0.05) is 16.8 Å². The molecule has 0 fully saturated rings. The number of hydrogen-bond acceptors (Lipinski definition) is 6. The van der Waals surface area contributed by atoms with Crippen molar-refractivity contribution in [2.24, 2.45) is 0 Å². The van der Waals surface area contributed by atoms with E-state index >= 15 is 0 Å². The van der Waals surface area contributed by atoms with Gasteiger partial charge in [0.1, 0.15) is 18.1 Å². The third kappa shape index (κ3) is 3.91. The predicted octanol–water partition coefficient (Wildman–Crippen LogP) is 3.60. The summed E-state index contributed by atoms with van der Waals surface area (Å²) in [5.41, 5.74) is 1.92. The predicted molar refractivity (Wildman–Crippen MR) is 104 cm³/mol. The van der Waals surface area contributed by atoms with Gasteiger partial charge >= 0.3 is 0 Å². The first-order valence-corrected chi connectivity index (χ1v) is 8.80. The monoisotopic (exact) mass is 394 g/mol. The van der Waals surface area contributed by atoms with Crippen LogP contribution >= 0.6 is 11.6 Å². The Morgan fingerprint density at radius 3 is 2.79 bits per heavy atom. The summed E-state index contributed by atoms with van der Waals surface area (Å²) < 4.78 is 7.01. The lowest BCUT2D eigenvalue weighted by atomic mass is 10.3. The molecule has 8 nitrogen and oxygen atoms in total. The summed E-state index contributed by atoms with van der Waals surface area (Å²) in [5.74, 6) is 1.18. The molecule has 3 aromatic heterocycles. The van der Waals surface area contributed by atoms with Gasteiger partial charge in [-0.25, -0.2) is 4.98 Å². The molecule has 0 radical (unpaired) electrons. The van der Waals surface area contributed by atoms with Gasteiger partial charge < -0.3 is 14.4 Å². The highest BCUT2D eigenvalue weighted by atomic mass is 35.5. The second-order valence-corrected chi connectivity index (χ2v) is 6.46. The SMILES string of the molecule is Cc1nc(-c2noc(-c3cccnc3)n2)cn1CC(=O)Nc1ccc(Cl)cc1. The van der Waals surface area contributed by atoms with E-state index < -0.39 is 0 Å². The molecule has 0 aliphatic heterocycles. The Kier molecular flexibility index (Phi) is 4.86. The third-order valence-electron chi connectivity index (χ3n) is 3.98. The van der Waals surface area contributed by atoms with Crippen LogP contribution in [0.15, 0.2) is 59.5 Å². The average molecular weight is 395 g/mol. The number of anilines is 1. The van der Waals surface area contributed by atoms with E-state index in [0.717, 1.165) is 5.56 Å². The van der Waals surface area contributed by atoms with Crippen LogP contribution in [0.25, 0.3) is 23.0 Å². The van der Waals surface area contributed by atoms with E-state index in [1.165, 1.54) is 0 Å². The molecule has 3 heterocycles. The molecular weight excluding hydrogens is 380 g/mol. The molecule has 0 unspecified atom stereocenters. The summed E-state index contributed by atoms with van der Waals surface area (Å²) in [6.45, 7) is 1.91. The number of aryl methyl sites for hydroxylation is 1. The van der Waals surface area contributed by atoms with E-state index in [0.29, 0.717) is 33.9 Å². The minimum Gasteiger partial charge on any atom is -0.333 e. The Hall–Kier alpha value is -3.52. The maximum Gasteiger partial charge on any atom is 0.259 e. The molecule has 0 aliphatic rings. The number of carbonyl (C=O) groups excluding carboxylic acids is 1. The number of amides is 1. The molecular formula is C19H15ClN6O2. The quantitative estimate of drug-likeness (QED) is 0.555. The number of aromatic nitrogens is 5. The molecule has 4 aromatic rings. The van der Waals surface area contributed by atoms with Crippen LogP contribution < -0.4 is 5.32 Å². The Bertz CT molecular complexity index is 1110. The zero-order chi connectivity index (χ0) is 19.5. The van der Waals surface area contributed by atoms with E-state index in [4.69, 9.17) is 16.1 Å². The van der Waals surface area contributed by atoms with E-state index in [2.05, 4.69) is 25.4 Å². The van der Waals surface area contributed by atoms with Crippen LogP contribution in [0.1, 0.15) is 5.82 Å². The van der Waals surface area contributed by atoms with Crippen LogP contribution in [-0.4, -0.2) is 30.6 Å². The van der Waals surface area contributed by atoms with Crippen molar-refractivity contribution in [1.29, 1.82) is 0 Å². The van der Waals surface area contributed by atoms with E-state index in [1.807, 2.05) is 6.07 Å². The highest BCUT2D eigenvalue weighted by molar-refractivity contribution is 6.30. The van der Waals surface area contributed by atoms with Crippen molar-refractivity contribution in [2.45, 2.75) is 13.5 Å². The molecule has 140 valence electrons. The first kappa shape index (κ1) is 17.9. The number of pyridine rings is 1. The van der Waals surface area contributed by atoms with Crippen molar-refractivity contribution in [2.75, 3.05) is 5.32 Å². The molecule has 1 aromatic carbocycles. The highest BCUT2D eigenvalue weighted by Gasteiger charge is 2.16. The molecule has 0 saturated heterocycles. The Morgan fingerprint density at radius 1 is 1.21 bits per heavy atom. The lowest BCUT2D eigenvalue weighted by Gasteiger charge is -2.07. The van der Waals surface area contributed by atoms with Crippen molar-refractivity contribution in [1.82, 2.24) is 24.7 Å². The second-order valence-electron chi connectivity index (χ2n) is 6.02. The first-order valence-electron chi connectivity index (χ1n) is 8.42. The summed E-state index contributed by atoms with van der Waals surface area (Å²) in [6.07, 6.45) is 5.03. The van der Waals surface area contributed by atoms with Crippen molar-refractivity contribution in [3.63, 3.8) is 0 Å². The van der Waals surface area contributed by atoms with Crippen LogP contribution in [0, 0.1) is 6.92 Å². The van der Waals surface area contributed by atoms with Gasteiger partial charge in [-0.15, -0.1) is 0 Å². The Labute approximate surface area is 165 Å². The lowest BCUT2D eigenvalue weighted by Crippen LogP contribution is -2.19. The van der Waals surface area contributed by atoms with Crippen LogP contribution in [0.5, 0.6) is 0 Å². The summed E-state index contributed by atoms with van der Waals surface area (Å²) in [4.78, 5) is 25.1. The van der Waals surface area contributed by atoms with Crippen LogP contribution in [-0.2, 0) is 11.3 Å². The van der Waals surface area contributed by atoms with Gasteiger partial charge in [0.2, 0.25) is 11.7 Å². The maximum atomic E-state index is 12.3. The van der Waals surface area contributed by atoms with Crippen molar-refractivity contribution < 1.29 is 9.32 Å². The van der Waals surface area contributed by atoms with Gasteiger partial charge in [-0.2, -0.15) is 4.98 Å². The van der Waals surface area contributed by atoms with Gasteiger partial charge in [-0.05, 0) is 43.3 Å². The van der Waals surface area contributed by atoms with Crippen molar-refractivity contribution >= 4 is 23.2 Å². The smallest absolute Gasteiger partial charge is 0.259 e. The van der Waals surface area contributed by atoms with Gasteiger partial charge in [0.15, 0.2) is 0 Å². The van der Waals surface area contributed by atoms with Gasteiger partial charge in [0, 0.05) is 29.3 Å². The molecule has 0 bridgehead atoms. The summed E-state index contributed by atoms with van der Waals surface area (Å²) >= 11 is 5.85. The largest absolute Gasteiger partial charge is 0.333 e. The normalized spacial score (nSPS) is 10.8. The fourth-order valence-electron chi connectivity index (χ4n) is 2.60. The third-order valence-corrected chi connectivity index (χ3v) is 4.23. The fourth-order valence-corrected chi connectivity index (χ4v) is 2.72. The van der Waals surface area contributed by atoms with Crippen LogP contribution in [0.4, 0.5) is 5.69 Å². The van der Waals surface area contributed by atoms with Crippen molar-refractivity contribution in [3.05, 3.63) is 65.8 Å². The number of imidazole rings is 1. The second kappa shape index (κ2) is 7.61. The van der Waals surface area contributed by atoms with Gasteiger partial charge in [-0.3, -0.25) is 9.78 Å². The van der Waals surface area contributed by atoms with Gasteiger partial charge in [0.05, 0.1) is 5.56 Å². The molecule has 4 rings (SSSR count). The van der Waals surface area contributed by atoms with Crippen LogP contribution in [0.2, 0.25) is 5.02 Å². The maximum absolute atomic E-state index is 12.3. The molecule has 9 heteroatoms. The first-order chi connectivity index (χ1) is 13.6. The molecule has 0 aliphatic carbocycles. The number of benzene rings is 1. The lowest BCUT2D eigenvalue weighted by molar-refractivity contribution is -0.116. The van der Waals surface area contributed by atoms with Gasteiger partial charge in [0.25, 0.3) is 5.89 Å². The minimum absolute atomic E-state index is 0.106. The number of rotatable bonds is 5. The highest BCUT2D eigenvalue weighted by Crippen LogP contribution is 2.21. The zero-order valence-electron chi connectivity index (χ0n) is 14.8.